The number of furan rings is 1. The maximum atomic E-state index is 11.1. The van der Waals surface area contributed by atoms with Crippen LogP contribution in [0.2, 0.25) is 5.22 Å². The minimum Gasteiger partial charge on any atom is -0.480 e. The third kappa shape index (κ3) is 3.84. The maximum absolute atomic E-state index is 11.1. The first-order valence-corrected chi connectivity index (χ1v) is 9.33. The van der Waals surface area contributed by atoms with Crippen molar-refractivity contribution in [2.24, 2.45) is 5.92 Å². The fraction of sp³-hybridized carbons (Fsp3) is 0.526. The molecule has 2 N–H and O–H groups in total. The van der Waals surface area contributed by atoms with Crippen LogP contribution in [0, 0.1) is 5.92 Å². The molecule has 0 radical (unpaired) electrons. The lowest BCUT2D eigenvalue weighted by Gasteiger charge is -2.43. The van der Waals surface area contributed by atoms with Gasteiger partial charge in [0.1, 0.15) is 5.58 Å². The van der Waals surface area contributed by atoms with Crippen molar-refractivity contribution in [2.75, 3.05) is 13.1 Å². The van der Waals surface area contributed by atoms with Crippen LogP contribution in [0.5, 0.6) is 0 Å². The average molecular weight is 363 g/mol. The lowest BCUT2D eigenvalue weighted by atomic mass is 9.85. The highest BCUT2D eigenvalue weighted by atomic mass is 35.5. The highest BCUT2D eigenvalue weighted by molar-refractivity contribution is 6.30. The molecular weight excluding hydrogens is 340 g/mol. The summed E-state index contributed by atoms with van der Waals surface area (Å²) in [6, 6.07) is 8.66. The van der Waals surface area contributed by atoms with E-state index in [1.54, 1.807) is 0 Å². The number of hydrogen-bond acceptors (Lipinski definition) is 4. The van der Waals surface area contributed by atoms with Gasteiger partial charge in [-0.3, -0.25) is 9.69 Å². The maximum Gasteiger partial charge on any atom is 0.317 e. The minimum atomic E-state index is -0.728. The van der Waals surface area contributed by atoms with E-state index in [1.807, 2.05) is 24.3 Å². The van der Waals surface area contributed by atoms with Crippen LogP contribution in [0.3, 0.4) is 0 Å². The third-order valence-electron chi connectivity index (χ3n) is 5.37. The Morgan fingerprint density at radius 1 is 1.32 bits per heavy atom. The summed E-state index contributed by atoms with van der Waals surface area (Å²) < 4.78 is 5.59. The Bertz CT molecular complexity index is 765. The van der Waals surface area contributed by atoms with Crippen LogP contribution in [-0.2, 0) is 11.3 Å². The molecule has 0 bridgehead atoms. The summed E-state index contributed by atoms with van der Waals surface area (Å²) >= 11 is 6.23. The van der Waals surface area contributed by atoms with Gasteiger partial charge >= 0.3 is 5.97 Å². The van der Waals surface area contributed by atoms with E-state index in [1.165, 1.54) is 12.8 Å². The molecule has 0 spiro atoms. The van der Waals surface area contributed by atoms with E-state index in [4.69, 9.17) is 21.1 Å². The molecule has 6 heteroatoms. The van der Waals surface area contributed by atoms with E-state index in [9.17, 15) is 4.79 Å². The first kappa shape index (κ1) is 16.9. The molecule has 0 atom stereocenters. The lowest BCUT2D eigenvalue weighted by Crippen LogP contribution is -2.54. The van der Waals surface area contributed by atoms with Crippen molar-refractivity contribution in [3.63, 3.8) is 0 Å². The molecule has 1 aromatic heterocycles. The summed E-state index contributed by atoms with van der Waals surface area (Å²) in [7, 11) is 0. The number of nitrogens with zero attached hydrogens (tertiary/aromatic N) is 1. The Morgan fingerprint density at radius 3 is 2.80 bits per heavy atom. The summed E-state index contributed by atoms with van der Waals surface area (Å²) in [5.74, 6) is -0.0174. The zero-order valence-electron chi connectivity index (χ0n) is 14.1. The van der Waals surface area contributed by atoms with Crippen LogP contribution in [0.4, 0.5) is 0 Å². The van der Waals surface area contributed by atoms with Gasteiger partial charge in [-0.15, -0.1) is 0 Å². The van der Waals surface area contributed by atoms with Crippen molar-refractivity contribution in [3.05, 3.63) is 35.0 Å². The van der Waals surface area contributed by atoms with Gasteiger partial charge in [-0.05, 0) is 49.3 Å². The normalized spacial score (nSPS) is 23.1. The fourth-order valence-corrected chi connectivity index (χ4v) is 3.93. The second-order valence-electron chi connectivity index (χ2n) is 7.32. The highest BCUT2D eigenvalue weighted by Crippen LogP contribution is 2.34. The van der Waals surface area contributed by atoms with E-state index >= 15 is 0 Å². The van der Waals surface area contributed by atoms with Gasteiger partial charge in [-0.25, -0.2) is 0 Å². The van der Waals surface area contributed by atoms with Crippen molar-refractivity contribution >= 4 is 28.5 Å². The van der Waals surface area contributed by atoms with Crippen LogP contribution in [0.25, 0.3) is 11.0 Å². The Balaban J connectivity index is 1.31. The predicted molar refractivity (Wildman–Crippen MR) is 96.8 cm³/mol. The summed E-state index contributed by atoms with van der Waals surface area (Å²) in [5, 5.41) is 14.2. The second-order valence-corrected chi connectivity index (χ2v) is 7.66. The molecule has 0 amide bonds. The van der Waals surface area contributed by atoms with Gasteiger partial charge in [-0.2, -0.15) is 0 Å². The van der Waals surface area contributed by atoms with Crippen molar-refractivity contribution < 1.29 is 14.3 Å². The largest absolute Gasteiger partial charge is 0.480 e. The monoisotopic (exact) mass is 362 g/mol. The van der Waals surface area contributed by atoms with Gasteiger partial charge in [0.25, 0.3) is 0 Å². The number of rotatable bonds is 8. The van der Waals surface area contributed by atoms with Crippen molar-refractivity contribution in [1.82, 2.24) is 10.2 Å². The molecule has 25 heavy (non-hydrogen) atoms. The Kier molecular flexibility index (Phi) is 4.71. The third-order valence-corrected chi connectivity index (χ3v) is 5.68. The van der Waals surface area contributed by atoms with Crippen LogP contribution in [0.1, 0.15) is 31.2 Å². The van der Waals surface area contributed by atoms with E-state index in [0.29, 0.717) is 29.8 Å². The fourth-order valence-electron chi connectivity index (χ4n) is 3.68. The van der Waals surface area contributed by atoms with E-state index in [0.717, 1.165) is 35.9 Å². The van der Waals surface area contributed by atoms with Crippen LogP contribution < -0.4 is 5.32 Å². The van der Waals surface area contributed by atoms with Crippen molar-refractivity contribution in [1.29, 1.82) is 0 Å². The molecule has 2 saturated carbocycles. The standard InChI is InChI=1S/C19H23ClN2O3/c20-19-16(15-3-1-2-4-17(15)25-19)9-21-13-7-14(8-13)22(11-18(23)24)10-12-5-6-12/h1-4,12-14,21H,5-11H2,(H,23,24). The number of benzene rings is 1. The molecule has 5 nitrogen and oxygen atoms in total. The van der Waals surface area contributed by atoms with E-state index in [-0.39, 0.29) is 6.54 Å². The molecule has 134 valence electrons. The minimum absolute atomic E-state index is 0.159. The molecule has 0 saturated heterocycles. The number of para-hydroxylation sites is 1. The zero-order chi connectivity index (χ0) is 17.4. The molecular formula is C19H23ClN2O3. The molecule has 2 aliphatic rings. The number of carbonyl (C=O) groups is 1. The van der Waals surface area contributed by atoms with E-state index < -0.39 is 5.97 Å². The van der Waals surface area contributed by atoms with Crippen LogP contribution in [-0.4, -0.2) is 41.1 Å². The van der Waals surface area contributed by atoms with Gasteiger partial charge in [0.15, 0.2) is 5.22 Å². The number of halogens is 1. The summed E-state index contributed by atoms with van der Waals surface area (Å²) in [6.07, 6.45) is 4.48. The van der Waals surface area contributed by atoms with Gasteiger partial charge in [0.2, 0.25) is 0 Å². The number of aliphatic carboxylic acids is 1. The number of carboxylic acid groups (broad SMARTS) is 1. The predicted octanol–water partition coefficient (Wildman–Crippen LogP) is 3.50. The second kappa shape index (κ2) is 6.98. The summed E-state index contributed by atoms with van der Waals surface area (Å²) in [5.41, 5.74) is 1.81. The molecule has 0 unspecified atom stereocenters. The lowest BCUT2D eigenvalue weighted by molar-refractivity contribution is -0.139. The first-order valence-electron chi connectivity index (χ1n) is 8.95. The number of nitrogens with one attached hydrogen (secondary N) is 1. The molecule has 1 aromatic carbocycles. The zero-order valence-corrected chi connectivity index (χ0v) is 14.8. The van der Waals surface area contributed by atoms with Gasteiger partial charge in [0.05, 0.1) is 6.54 Å². The number of hydrogen-bond donors (Lipinski definition) is 2. The molecule has 0 aliphatic heterocycles. The Hall–Kier alpha value is -1.56. The molecule has 2 fully saturated rings. The topological polar surface area (TPSA) is 65.7 Å². The van der Waals surface area contributed by atoms with Crippen LogP contribution >= 0.6 is 11.6 Å². The molecule has 4 rings (SSSR count). The van der Waals surface area contributed by atoms with Crippen molar-refractivity contribution in [3.8, 4) is 0 Å². The van der Waals surface area contributed by atoms with Gasteiger partial charge < -0.3 is 14.8 Å². The smallest absolute Gasteiger partial charge is 0.317 e. The Labute approximate surface area is 151 Å². The van der Waals surface area contributed by atoms with Gasteiger partial charge in [0, 0.05) is 36.1 Å². The average Bonchev–Trinajstić information content (AvgIpc) is 3.27. The highest BCUT2D eigenvalue weighted by Gasteiger charge is 2.37. The van der Waals surface area contributed by atoms with E-state index in [2.05, 4.69) is 10.2 Å². The number of fused-ring (bicyclic) bond motifs is 1. The quantitative estimate of drug-likeness (QED) is 0.752. The molecule has 2 aliphatic carbocycles. The Morgan fingerprint density at radius 2 is 2.08 bits per heavy atom. The molecule has 1 heterocycles. The van der Waals surface area contributed by atoms with Crippen molar-refractivity contribution in [2.45, 2.75) is 44.3 Å². The summed E-state index contributed by atoms with van der Waals surface area (Å²) in [4.78, 5) is 13.2. The summed E-state index contributed by atoms with van der Waals surface area (Å²) in [6.45, 7) is 1.77. The van der Waals surface area contributed by atoms with Crippen LogP contribution in [0.15, 0.2) is 28.7 Å². The SMILES string of the molecule is O=C(O)CN(CC1CC1)C1CC(NCc2c(Cl)oc3ccccc23)C1. The number of carboxylic acids is 1. The first-order chi connectivity index (χ1) is 12.1. The molecule has 2 aromatic rings. The van der Waals surface area contributed by atoms with Gasteiger partial charge in [-0.1, -0.05) is 18.2 Å².